The van der Waals surface area contributed by atoms with Crippen molar-refractivity contribution in [2.24, 2.45) is 0 Å². The number of aromatic amines is 1. The van der Waals surface area contributed by atoms with E-state index in [9.17, 15) is 0 Å². The summed E-state index contributed by atoms with van der Waals surface area (Å²) in [5.74, 6) is 0.822. The Morgan fingerprint density at radius 1 is 0.903 bits per heavy atom. The third kappa shape index (κ3) is 4.85. The lowest BCUT2D eigenvalue weighted by Crippen LogP contribution is -2.02. The normalized spacial score (nSPS) is 10.9. The van der Waals surface area contributed by atoms with Gasteiger partial charge in [-0.05, 0) is 29.8 Å². The number of H-pyrrole nitrogens is 1. The molecule has 0 spiro atoms. The molecule has 158 valence electrons. The molecular weight excluding hydrogens is 482 g/mol. The van der Waals surface area contributed by atoms with Gasteiger partial charge in [0.1, 0.15) is 16.1 Å². The molecule has 5 aromatic rings. The first-order valence-corrected chi connectivity index (χ1v) is 10.4. The zero-order valence-corrected chi connectivity index (χ0v) is 19.0. The number of hydrogen-bond donors (Lipinski definition) is 1. The number of pyridine rings is 2. The van der Waals surface area contributed by atoms with Gasteiger partial charge in [0.05, 0.1) is 46.9 Å². The fourth-order valence-electron chi connectivity index (χ4n) is 2.86. The average molecular weight is 496 g/mol. The van der Waals surface area contributed by atoms with Crippen molar-refractivity contribution >= 4 is 68.5 Å². The van der Waals surface area contributed by atoms with Gasteiger partial charge < -0.3 is 4.74 Å². The zero-order chi connectivity index (χ0) is 22.0. The van der Waals surface area contributed by atoms with Crippen LogP contribution in [0.5, 0.6) is 5.75 Å². The summed E-state index contributed by atoms with van der Waals surface area (Å²) < 4.78 is 6.91. The summed E-state index contributed by atoms with van der Waals surface area (Å²) in [4.78, 5) is 8.24. The smallest absolute Gasteiger partial charge is 0.161 e. The van der Waals surface area contributed by atoms with E-state index < -0.39 is 0 Å². The number of halogens is 4. The summed E-state index contributed by atoms with van der Waals surface area (Å²) in [6, 6.07) is 11.0. The van der Waals surface area contributed by atoms with Crippen LogP contribution in [0.2, 0.25) is 20.4 Å². The Morgan fingerprint density at radius 3 is 2.29 bits per heavy atom. The van der Waals surface area contributed by atoms with E-state index in [0.29, 0.717) is 38.2 Å². The third-order valence-corrected chi connectivity index (χ3v) is 5.37. The number of ether oxygens (including phenoxy) is 1. The standard InChI is InChI=1S/C14H11Cl2N3O.C6H3Cl2N3/c1-20-10-4-2-9(3-5-10)8-19-14-11(7-17-19)12(15)6-13(16)18-14;7-4-1-5(8)10-6-3(4)2-9-11-6/h2-7H,8H2,1H3;1-2H,(H,9,10,11). The van der Waals surface area contributed by atoms with Crippen molar-refractivity contribution in [3.63, 3.8) is 0 Å². The molecule has 7 nitrogen and oxygen atoms in total. The van der Waals surface area contributed by atoms with Crippen molar-refractivity contribution < 1.29 is 4.74 Å². The topological polar surface area (TPSA) is 81.5 Å². The van der Waals surface area contributed by atoms with Crippen LogP contribution in [0.4, 0.5) is 0 Å². The van der Waals surface area contributed by atoms with Crippen LogP contribution in [-0.4, -0.2) is 37.1 Å². The van der Waals surface area contributed by atoms with Crippen molar-refractivity contribution in [1.29, 1.82) is 0 Å². The summed E-state index contributed by atoms with van der Waals surface area (Å²) >= 11 is 23.5. The number of aromatic nitrogens is 6. The average Bonchev–Trinajstić information content (AvgIpc) is 3.37. The maximum Gasteiger partial charge on any atom is 0.161 e. The first-order chi connectivity index (χ1) is 14.9. The summed E-state index contributed by atoms with van der Waals surface area (Å²) in [5, 5.41) is 14.2. The van der Waals surface area contributed by atoms with Crippen LogP contribution < -0.4 is 4.74 Å². The lowest BCUT2D eigenvalue weighted by atomic mass is 10.2. The minimum Gasteiger partial charge on any atom is -0.497 e. The summed E-state index contributed by atoms with van der Waals surface area (Å²) in [6.07, 6.45) is 3.31. The van der Waals surface area contributed by atoms with Gasteiger partial charge in [0.2, 0.25) is 0 Å². The maximum atomic E-state index is 6.12. The fraction of sp³-hybridized carbons (Fsp3) is 0.100. The van der Waals surface area contributed by atoms with Gasteiger partial charge in [0.25, 0.3) is 0 Å². The lowest BCUT2D eigenvalue weighted by molar-refractivity contribution is 0.414. The minimum absolute atomic E-state index is 0.360. The number of fused-ring (bicyclic) bond motifs is 2. The Balaban J connectivity index is 0.000000177. The molecule has 0 radical (unpaired) electrons. The molecule has 0 atom stereocenters. The first-order valence-electron chi connectivity index (χ1n) is 8.90. The van der Waals surface area contributed by atoms with E-state index in [4.69, 9.17) is 51.1 Å². The minimum atomic E-state index is 0.360. The molecule has 0 bridgehead atoms. The zero-order valence-electron chi connectivity index (χ0n) is 16.0. The molecule has 31 heavy (non-hydrogen) atoms. The van der Waals surface area contributed by atoms with Crippen molar-refractivity contribution in [1.82, 2.24) is 29.9 Å². The van der Waals surface area contributed by atoms with E-state index in [1.54, 1.807) is 36.3 Å². The van der Waals surface area contributed by atoms with Gasteiger partial charge >= 0.3 is 0 Å². The quantitative estimate of drug-likeness (QED) is 0.307. The second kappa shape index (κ2) is 9.28. The molecule has 4 aromatic heterocycles. The van der Waals surface area contributed by atoms with Gasteiger partial charge in [-0.25, -0.2) is 14.6 Å². The Bertz CT molecular complexity index is 1350. The van der Waals surface area contributed by atoms with Gasteiger partial charge in [0, 0.05) is 0 Å². The Labute approximate surface area is 196 Å². The lowest BCUT2D eigenvalue weighted by Gasteiger charge is -2.05. The van der Waals surface area contributed by atoms with Gasteiger partial charge in [0.15, 0.2) is 11.3 Å². The number of benzene rings is 1. The molecule has 0 amide bonds. The van der Waals surface area contributed by atoms with Crippen LogP contribution in [0.25, 0.3) is 22.1 Å². The van der Waals surface area contributed by atoms with Crippen molar-refractivity contribution in [3.8, 4) is 5.75 Å². The molecule has 1 N–H and O–H groups in total. The summed E-state index contributed by atoms with van der Waals surface area (Å²) in [5.41, 5.74) is 2.38. The molecule has 0 saturated heterocycles. The van der Waals surface area contributed by atoms with E-state index >= 15 is 0 Å². The van der Waals surface area contributed by atoms with Crippen LogP contribution >= 0.6 is 46.4 Å². The van der Waals surface area contributed by atoms with E-state index in [1.165, 1.54) is 0 Å². The molecule has 4 heterocycles. The number of hydrogen-bond acceptors (Lipinski definition) is 5. The van der Waals surface area contributed by atoms with Crippen molar-refractivity contribution in [3.05, 3.63) is 74.7 Å². The molecule has 0 fully saturated rings. The third-order valence-electron chi connectivity index (χ3n) is 4.36. The molecule has 1 aromatic carbocycles. The number of rotatable bonds is 3. The highest BCUT2D eigenvalue weighted by Crippen LogP contribution is 2.25. The molecule has 0 saturated carbocycles. The second-order valence-corrected chi connectivity index (χ2v) is 7.96. The molecule has 11 heteroatoms. The summed E-state index contributed by atoms with van der Waals surface area (Å²) in [7, 11) is 1.64. The van der Waals surface area contributed by atoms with Crippen LogP contribution in [0, 0.1) is 0 Å². The summed E-state index contributed by atoms with van der Waals surface area (Å²) in [6.45, 7) is 0.594. The largest absolute Gasteiger partial charge is 0.497 e. The Hall–Kier alpha value is -2.58. The fourth-order valence-corrected chi connectivity index (χ4v) is 3.83. The van der Waals surface area contributed by atoms with Gasteiger partial charge in [-0.2, -0.15) is 10.2 Å². The predicted molar refractivity (Wildman–Crippen MR) is 124 cm³/mol. The van der Waals surface area contributed by atoms with Crippen LogP contribution in [0.3, 0.4) is 0 Å². The molecule has 0 aliphatic heterocycles. The van der Waals surface area contributed by atoms with Crippen LogP contribution in [0.15, 0.2) is 48.8 Å². The number of nitrogens with zero attached hydrogens (tertiary/aromatic N) is 5. The molecule has 0 aliphatic carbocycles. The highest BCUT2D eigenvalue weighted by Gasteiger charge is 2.10. The Kier molecular flexibility index (Phi) is 6.48. The molecular formula is C20H14Cl4N6O. The van der Waals surface area contributed by atoms with Gasteiger partial charge in [-0.1, -0.05) is 58.5 Å². The molecule has 0 aliphatic rings. The second-order valence-electron chi connectivity index (χ2n) is 6.37. The van der Waals surface area contributed by atoms with Crippen molar-refractivity contribution in [2.75, 3.05) is 7.11 Å². The Morgan fingerprint density at radius 2 is 1.58 bits per heavy atom. The van der Waals surface area contributed by atoms with Gasteiger partial charge in [-0.3, -0.25) is 5.10 Å². The maximum absolute atomic E-state index is 6.12. The monoisotopic (exact) mass is 494 g/mol. The van der Waals surface area contributed by atoms with Crippen molar-refractivity contribution in [2.45, 2.75) is 6.54 Å². The predicted octanol–water partition coefficient (Wildman–Crippen LogP) is 6.06. The number of nitrogens with one attached hydrogen (secondary N) is 1. The highest BCUT2D eigenvalue weighted by atomic mass is 35.5. The van der Waals surface area contributed by atoms with Crippen LogP contribution in [-0.2, 0) is 6.54 Å². The van der Waals surface area contributed by atoms with E-state index in [1.807, 2.05) is 24.3 Å². The van der Waals surface area contributed by atoms with Gasteiger partial charge in [-0.15, -0.1) is 0 Å². The van der Waals surface area contributed by atoms with Crippen LogP contribution in [0.1, 0.15) is 5.56 Å². The molecule has 0 unspecified atom stereocenters. The number of methoxy groups -OCH3 is 1. The van der Waals surface area contributed by atoms with E-state index in [-0.39, 0.29) is 0 Å². The SMILES string of the molecule is COc1ccc(Cn2ncc3c(Cl)cc(Cl)nc32)cc1.Clc1cc(Cl)c2cn[nH]c2n1. The first kappa shape index (κ1) is 21.6. The van der Waals surface area contributed by atoms with E-state index in [0.717, 1.165) is 22.1 Å². The highest BCUT2D eigenvalue weighted by molar-refractivity contribution is 6.38. The van der Waals surface area contributed by atoms with E-state index in [2.05, 4.69) is 25.3 Å². The molecule has 5 rings (SSSR count).